The molecule has 0 fully saturated rings. The second-order valence-corrected chi connectivity index (χ2v) is 6.83. The second kappa shape index (κ2) is 9.25. The number of carbonyl (C=O) groups is 1. The van der Waals surface area contributed by atoms with E-state index >= 15 is 0 Å². The molecule has 1 amide bonds. The zero-order valence-corrected chi connectivity index (χ0v) is 16.7. The topological polar surface area (TPSA) is 29.5 Å². The van der Waals surface area contributed by atoms with E-state index in [-0.39, 0.29) is 5.91 Å². The molecule has 0 aliphatic rings. The molecule has 0 unspecified atom stereocenters. The molecule has 28 heavy (non-hydrogen) atoms. The number of rotatable bonds is 6. The molecule has 3 rings (SSSR count). The Bertz CT molecular complexity index is 983. The van der Waals surface area contributed by atoms with Gasteiger partial charge in [-0.15, -0.1) is 0 Å². The van der Waals surface area contributed by atoms with E-state index in [1.165, 1.54) is 0 Å². The Balaban J connectivity index is 1.96. The van der Waals surface area contributed by atoms with E-state index in [9.17, 15) is 4.79 Å². The highest BCUT2D eigenvalue weighted by atomic mass is 35.5. The van der Waals surface area contributed by atoms with Gasteiger partial charge in [0.25, 0.3) is 5.91 Å². The van der Waals surface area contributed by atoms with Crippen molar-refractivity contribution in [3.63, 3.8) is 0 Å². The average molecular weight is 392 g/mol. The number of hydrogen-bond acceptors (Lipinski definition) is 2. The molecule has 0 spiro atoms. The van der Waals surface area contributed by atoms with Gasteiger partial charge in [-0.25, -0.2) is 0 Å². The minimum absolute atomic E-state index is 0.0861. The summed E-state index contributed by atoms with van der Waals surface area (Å²) in [6, 6.07) is 24.8. The number of ether oxygens (including phenoxy) is 1. The van der Waals surface area contributed by atoms with Crippen LogP contribution in [0, 0.1) is 0 Å². The molecule has 3 aromatic rings. The zero-order chi connectivity index (χ0) is 19.9. The summed E-state index contributed by atoms with van der Waals surface area (Å²) in [5.74, 6) is 0.676. The summed E-state index contributed by atoms with van der Waals surface area (Å²) in [4.78, 5) is 15.0. The first-order valence-electron chi connectivity index (χ1n) is 8.99. The van der Waals surface area contributed by atoms with Gasteiger partial charge < -0.3 is 9.64 Å². The lowest BCUT2D eigenvalue weighted by molar-refractivity contribution is -0.124. The molecule has 0 heterocycles. The predicted molar refractivity (Wildman–Crippen MR) is 115 cm³/mol. The lowest BCUT2D eigenvalue weighted by Gasteiger charge is -2.21. The van der Waals surface area contributed by atoms with Crippen LogP contribution in [0.1, 0.15) is 16.7 Å². The number of halogens is 1. The minimum Gasteiger partial charge on any atom is -0.496 e. The number of likely N-dealkylation sites (N-methyl/N-ethyl adjacent to an activating group) is 1. The fraction of sp³-hybridized carbons (Fsp3) is 0.125. The van der Waals surface area contributed by atoms with E-state index < -0.39 is 0 Å². The van der Waals surface area contributed by atoms with Crippen molar-refractivity contribution in [2.45, 2.75) is 6.54 Å². The number of benzene rings is 3. The highest BCUT2D eigenvalue weighted by Crippen LogP contribution is 2.26. The smallest absolute Gasteiger partial charge is 0.254 e. The van der Waals surface area contributed by atoms with E-state index in [0.29, 0.717) is 17.1 Å². The van der Waals surface area contributed by atoms with Crippen molar-refractivity contribution in [2.75, 3.05) is 14.2 Å². The van der Waals surface area contributed by atoms with Gasteiger partial charge in [-0.2, -0.15) is 0 Å². The van der Waals surface area contributed by atoms with E-state index in [2.05, 4.69) is 0 Å². The minimum atomic E-state index is -0.0861. The lowest BCUT2D eigenvalue weighted by Crippen LogP contribution is -2.27. The number of amides is 1. The van der Waals surface area contributed by atoms with Gasteiger partial charge in [0.15, 0.2) is 0 Å². The standard InChI is InChI=1S/C24H22ClNO2/c1-26(17-20-13-7-9-15-23(20)28-2)24(27)21(18-10-4-3-5-11-18)16-19-12-6-8-14-22(19)25/h3-16H,17H2,1-2H3/b21-16+. The van der Waals surface area contributed by atoms with Crippen LogP contribution in [-0.2, 0) is 11.3 Å². The van der Waals surface area contributed by atoms with Crippen molar-refractivity contribution in [2.24, 2.45) is 0 Å². The first-order chi connectivity index (χ1) is 13.6. The van der Waals surface area contributed by atoms with Crippen molar-refractivity contribution >= 4 is 29.2 Å². The van der Waals surface area contributed by atoms with Crippen molar-refractivity contribution in [3.8, 4) is 5.75 Å². The second-order valence-electron chi connectivity index (χ2n) is 6.42. The number of carbonyl (C=O) groups excluding carboxylic acids is 1. The van der Waals surface area contributed by atoms with Gasteiger partial charge in [0, 0.05) is 29.8 Å². The van der Waals surface area contributed by atoms with Crippen LogP contribution in [0.5, 0.6) is 5.75 Å². The lowest BCUT2D eigenvalue weighted by atomic mass is 10.0. The van der Waals surface area contributed by atoms with E-state index in [0.717, 1.165) is 22.4 Å². The van der Waals surface area contributed by atoms with E-state index in [4.69, 9.17) is 16.3 Å². The van der Waals surface area contributed by atoms with Crippen molar-refractivity contribution < 1.29 is 9.53 Å². The van der Waals surface area contributed by atoms with Crippen LogP contribution in [-0.4, -0.2) is 25.0 Å². The predicted octanol–water partition coefficient (Wildman–Crippen LogP) is 5.55. The van der Waals surface area contributed by atoms with Gasteiger partial charge in [-0.1, -0.05) is 78.3 Å². The fourth-order valence-electron chi connectivity index (χ4n) is 3.00. The third-order valence-corrected chi connectivity index (χ3v) is 4.81. The van der Waals surface area contributed by atoms with Crippen LogP contribution < -0.4 is 4.74 Å². The summed E-state index contributed by atoms with van der Waals surface area (Å²) < 4.78 is 5.41. The molecule has 0 radical (unpaired) electrons. The van der Waals surface area contributed by atoms with Gasteiger partial charge in [-0.3, -0.25) is 4.79 Å². The quantitative estimate of drug-likeness (QED) is 0.407. The molecule has 3 nitrogen and oxygen atoms in total. The summed E-state index contributed by atoms with van der Waals surface area (Å²) >= 11 is 6.32. The molecular weight excluding hydrogens is 370 g/mol. The molecule has 142 valence electrons. The van der Waals surface area contributed by atoms with Crippen molar-refractivity contribution in [1.29, 1.82) is 0 Å². The van der Waals surface area contributed by atoms with E-state index in [1.807, 2.05) is 84.9 Å². The van der Waals surface area contributed by atoms with E-state index in [1.54, 1.807) is 19.1 Å². The molecule has 4 heteroatoms. The molecule has 0 aliphatic carbocycles. The molecule has 3 aromatic carbocycles. The van der Waals surface area contributed by atoms with Gasteiger partial charge in [0.2, 0.25) is 0 Å². The normalized spacial score (nSPS) is 11.2. The summed E-state index contributed by atoms with van der Waals surface area (Å²) in [6.07, 6.45) is 1.85. The van der Waals surface area contributed by atoms with Gasteiger partial charge in [0.1, 0.15) is 5.75 Å². The summed E-state index contributed by atoms with van der Waals surface area (Å²) in [5, 5.41) is 0.608. The van der Waals surface area contributed by atoms with Crippen molar-refractivity contribution in [1.82, 2.24) is 4.90 Å². The molecule has 0 saturated carbocycles. The maximum Gasteiger partial charge on any atom is 0.254 e. The maximum absolute atomic E-state index is 13.3. The maximum atomic E-state index is 13.3. The van der Waals surface area contributed by atoms with Crippen molar-refractivity contribution in [3.05, 3.63) is 101 Å². The Morgan fingerprint density at radius 1 is 0.964 bits per heavy atom. The first kappa shape index (κ1) is 19.7. The van der Waals surface area contributed by atoms with Crippen LogP contribution in [0.25, 0.3) is 11.6 Å². The Morgan fingerprint density at radius 2 is 1.61 bits per heavy atom. The molecule has 0 aromatic heterocycles. The number of hydrogen-bond donors (Lipinski definition) is 0. The van der Waals surface area contributed by atoms with Gasteiger partial charge in [-0.05, 0) is 29.3 Å². The van der Waals surface area contributed by atoms with Crippen LogP contribution in [0.2, 0.25) is 5.02 Å². The molecule has 0 N–H and O–H groups in total. The third kappa shape index (κ3) is 4.62. The first-order valence-corrected chi connectivity index (χ1v) is 9.37. The van der Waals surface area contributed by atoms with Crippen LogP contribution in [0.4, 0.5) is 0 Å². The Hall–Kier alpha value is -3.04. The van der Waals surface area contributed by atoms with Crippen LogP contribution in [0.15, 0.2) is 78.9 Å². The highest BCUT2D eigenvalue weighted by Gasteiger charge is 2.18. The zero-order valence-electron chi connectivity index (χ0n) is 15.9. The molecule has 0 saturated heterocycles. The van der Waals surface area contributed by atoms with Gasteiger partial charge >= 0.3 is 0 Å². The molecule has 0 aliphatic heterocycles. The SMILES string of the molecule is COc1ccccc1CN(C)C(=O)/C(=C/c1ccccc1Cl)c1ccccc1. The molecule has 0 atom stereocenters. The monoisotopic (exact) mass is 391 g/mol. The largest absolute Gasteiger partial charge is 0.496 e. The summed E-state index contributed by atoms with van der Waals surface area (Å²) in [7, 11) is 3.42. The molecular formula is C24H22ClNO2. The van der Waals surface area contributed by atoms with Crippen LogP contribution >= 0.6 is 11.6 Å². The number of methoxy groups -OCH3 is 1. The highest BCUT2D eigenvalue weighted by molar-refractivity contribution is 6.33. The summed E-state index contributed by atoms with van der Waals surface area (Å²) in [6.45, 7) is 0.440. The number of para-hydroxylation sites is 1. The summed E-state index contributed by atoms with van der Waals surface area (Å²) in [5.41, 5.74) is 3.19. The Morgan fingerprint density at radius 3 is 2.32 bits per heavy atom. The van der Waals surface area contributed by atoms with Crippen LogP contribution in [0.3, 0.4) is 0 Å². The Labute approximate surface area is 170 Å². The Kier molecular flexibility index (Phi) is 6.51. The average Bonchev–Trinajstić information content (AvgIpc) is 2.73. The number of nitrogens with zero attached hydrogens (tertiary/aromatic N) is 1. The van der Waals surface area contributed by atoms with Gasteiger partial charge in [0.05, 0.1) is 7.11 Å². The third-order valence-electron chi connectivity index (χ3n) is 4.47. The molecule has 0 bridgehead atoms. The fourth-order valence-corrected chi connectivity index (χ4v) is 3.19.